The van der Waals surface area contributed by atoms with Crippen LogP contribution in [-0.2, 0) is 5.41 Å². The van der Waals surface area contributed by atoms with Crippen molar-refractivity contribution in [2.45, 2.75) is 19.3 Å². The van der Waals surface area contributed by atoms with Crippen molar-refractivity contribution in [3.05, 3.63) is 151 Å². The van der Waals surface area contributed by atoms with E-state index in [9.17, 15) is 0 Å². The Labute approximate surface area is 256 Å². The zero-order chi connectivity index (χ0) is 29.4. The smallest absolute Gasteiger partial charge is 0.235 e. The second-order valence-corrected chi connectivity index (χ2v) is 12.2. The summed E-state index contributed by atoms with van der Waals surface area (Å²) < 4.78 is 2.34. The number of fused-ring (bicyclic) bond motifs is 8. The molecule has 0 aliphatic heterocycles. The Bertz CT molecular complexity index is 2400. The molecule has 0 amide bonds. The molecule has 0 saturated heterocycles. The summed E-state index contributed by atoms with van der Waals surface area (Å²) in [6.07, 6.45) is 0. The van der Waals surface area contributed by atoms with E-state index in [0.717, 1.165) is 27.7 Å². The molecular weight excluding hydrogens is 534 g/mol. The molecule has 0 fully saturated rings. The van der Waals surface area contributed by atoms with Gasteiger partial charge in [0.15, 0.2) is 0 Å². The van der Waals surface area contributed by atoms with Gasteiger partial charge in [-0.2, -0.15) is 0 Å². The molecule has 0 unspecified atom stereocenters. The molecule has 8 aromatic rings. The number of rotatable bonds is 3. The van der Waals surface area contributed by atoms with Crippen molar-refractivity contribution in [3.8, 4) is 39.6 Å². The molecule has 208 valence electrons. The van der Waals surface area contributed by atoms with Gasteiger partial charge >= 0.3 is 0 Å². The third kappa shape index (κ3) is 3.50. The predicted octanol–water partition coefficient (Wildman–Crippen LogP) is 10.4. The highest BCUT2D eigenvalue weighted by Gasteiger charge is 2.41. The molecule has 1 aliphatic carbocycles. The molecule has 0 spiro atoms. The largest absolute Gasteiger partial charge is 0.277 e. The highest BCUT2D eigenvalue weighted by atomic mass is 15.2. The quantitative estimate of drug-likeness (QED) is 0.214. The van der Waals surface area contributed by atoms with Crippen LogP contribution in [0.25, 0.3) is 72.2 Å². The van der Waals surface area contributed by atoms with Crippen LogP contribution in [-0.4, -0.2) is 14.5 Å². The second kappa shape index (κ2) is 9.23. The SMILES string of the molecule is CC1(C)c2ccccc2-c2c1c1ccc3ccccc3c1n2-c1nc(-c2ccc(-c3ccccc3)cc2)c2ccccc2n1. The Morgan fingerprint density at radius 2 is 1.18 bits per heavy atom. The first-order valence-corrected chi connectivity index (χ1v) is 15.2. The Balaban J connectivity index is 1.37. The van der Waals surface area contributed by atoms with E-state index in [-0.39, 0.29) is 5.41 Å². The maximum absolute atomic E-state index is 5.42. The fourth-order valence-electron chi connectivity index (χ4n) is 7.34. The van der Waals surface area contributed by atoms with Gasteiger partial charge in [0, 0.05) is 32.7 Å². The molecule has 6 aromatic carbocycles. The summed E-state index contributed by atoms with van der Waals surface area (Å²) >= 11 is 0. The van der Waals surface area contributed by atoms with Gasteiger partial charge in [0.1, 0.15) is 0 Å². The van der Waals surface area contributed by atoms with Crippen molar-refractivity contribution < 1.29 is 0 Å². The van der Waals surface area contributed by atoms with E-state index in [1.165, 1.54) is 49.7 Å². The fourth-order valence-corrected chi connectivity index (χ4v) is 7.34. The highest BCUT2D eigenvalue weighted by molar-refractivity contribution is 6.12. The van der Waals surface area contributed by atoms with Crippen LogP contribution in [0.15, 0.2) is 140 Å². The molecule has 0 saturated carbocycles. The maximum atomic E-state index is 5.42. The van der Waals surface area contributed by atoms with E-state index in [4.69, 9.17) is 9.97 Å². The molecule has 1 aliphatic rings. The number of hydrogen-bond acceptors (Lipinski definition) is 2. The number of nitrogens with zero attached hydrogens (tertiary/aromatic N) is 3. The summed E-state index contributed by atoms with van der Waals surface area (Å²) in [5, 5.41) is 4.71. The zero-order valence-corrected chi connectivity index (χ0v) is 24.6. The lowest BCUT2D eigenvalue weighted by atomic mass is 9.81. The minimum atomic E-state index is -0.162. The van der Waals surface area contributed by atoms with Crippen molar-refractivity contribution in [1.82, 2.24) is 14.5 Å². The Kier molecular flexibility index (Phi) is 5.24. The molecule has 3 heteroatoms. The van der Waals surface area contributed by atoms with E-state index in [2.05, 4.69) is 158 Å². The number of para-hydroxylation sites is 1. The molecule has 44 heavy (non-hydrogen) atoms. The van der Waals surface area contributed by atoms with Gasteiger partial charge in [0.2, 0.25) is 5.95 Å². The van der Waals surface area contributed by atoms with Gasteiger partial charge < -0.3 is 0 Å². The van der Waals surface area contributed by atoms with E-state index in [1.54, 1.807) is 0 Å². The third-order valence-electron chi connectivity index (χ3n) is 9.39. The number of hydrogen-bond donors (Lipinski definition) is 0. The van der Waals surface area contributed by atoms with E-state index < -0.39 is 0 Å². The molecule has 2 aromatic heterocycles. The van der Waals surface area contributed by atoms with E-state index in [0.29, 0.717) is 5.95 Å². The minimum Gasteiger partial charge on any atom is -0.277 e. The number of benzene rings is 6. The standard InChI is InChI=1S/C41H29N3/c1-41(2)34-18-10-8-16-31(34)39-36(41)33-25-24-28-14-6-7-15-30(28)38(33)44(39)40-42-35-19-11-9-17-32(35)37(43-40)29-22-20-27(21-23-29)26-12-4-3-5-13-26/h3-25H,1-2H3. The molecular formula is C41H29N3. The van der Waals surface area contributed by atoms with Gasteiger partial charge in [-0.05, 0) is 33.7 Å². The van der Waals surface area contributed by atoms with Gasteiger partial charge in [-0.15, -0.1) is 0 Å². The van der Waals surface area contributed by atoms with Crippen LogP contribution in [0.2, 0.25) is 0 Å². The van der Waals surface area contributed by atoms with Crippen LogP contribution >= 0.6 is 0 Å². The highest BCUT2D eigenvalue weighted by Crippen LogP contribution is 2.54. The van der Waals surface area contributed by atoms with Gasteiger partial charge in [-0.3, -0.25) is 4.57 Å². The van der Waals surface area contributed by atoms with Crippen LogP contribution < -0.4 is 0 Å². The molecule has 0 radical (unpaired) electrons. The Morgan fingerprint density at radius 3 is 2.02 bits per heavy atom. The van der Waals surface area contributed by atoms with Gasteiger partial charge in [-0.1, -0.05) is 147 Å². The summed E-state index contributed by atoms with van der Waals surface area (Å²) in [7, 11) is 0. The first-order chi connectivity index (χ1) is 21.6. The average Bonchev–Trinajstić information content (AvgIpc) is 3.55. The zero-order valence-electron chi connectivity index (χ0n) is 24.6. The molecule has 0 atom stereocenters. The van der Waals surface area contributed by atoms with E-state index >= 15 is 0 Å². The second-order valence-electron chi connectivity index (χ2n) is 12.2. The molecule has 2 heterocycles. The van der Waals surface area contributed by atoms with Crippen LogP contribution in [0.3, 0.4) is 0 Å². The lowest BCUT2D eigenvalue weighted by Gasteiger charge is -2.21. The Morgan fingerprint density at radius 1 is 0.523 bits per heavy atom. The summed E-state index contributed by atoms with van der Waals surface area (Å²) in [6.45, 7) is 4.69. The van der Waals surface area contributed by atoms with Crippen molar-refractivity contribution in [2.75, 3.05) is 0 Å². The van der Waals surface area contributed by atoms with Crippen LogP contribution in [0.5, 0.6) is 0 Å². The normalized spacial score (nSPS) is 13.4. The average molecular weight is 564 g/mol. The van der Waals surface area contributed by atoms with E-state index in [1.807, 2.05) is 0 Å². The first kappa shape index (κ1) is 25.0. The summed E-state index contributed by atoms with van der Waals surface area (Å²) in [4.78, 5) is 10.7. The first-order valence-electron chi connectivity index (χ1n) is 15.2. The minimum absolute atomic E-state index is 0.162. The maximum Gasteiger partial charge on any atom is 0.235 e. The van der Waals surface area contributed by atoms with Crippen LogP contribution in [0.4, 0.5) is 0 Å². The van der Waals surface area contributed by atoms with Crippen molar-refractivity contribution in [3.63, 3.8) is 0 Å². The van der Waals surface area contributed by atoms with Crippen molar-refractivity contribution in [1.29, 1.82) is 0 Å². The molecule has 0 bridgehead atoms. The topological polar surface area (TPSA) is 30.7 Å². The molecule has 9 rings (SSSR count). The van der Waals surface area contributed by atoms with Gasteiger partial charge in [-0.25, -0.2) is 9.97 Å². The summed E-state index contributed by atoms with van der Waals surface area (Å²) in [5.74, 6) is 0.695. The predicted molar refractivity (Wildman–Crippen MR) is 182 cm³/mol. The lowest BCUT2D eigenvalue weighted by Crippen LogP contribution is -2.14. The fraction of sp³-hybridized carbons (Fsp3) is 0.0732. The lowest BCUT2D eigenvalue weighted by molar-refractivity contribution is 0.666. The van der Waals surface area contributed by atoms with Gasteiger partial charge in [0.05, 0.1) is 22.4 Å². The summed E-state index contributed by atoms with van der Waals surface area (Å²) in [5.41, 5.74) is 11.5. The van der Waals surface area contributed by atoms with Crippen molar-refractivity contribution in [2.24, 2.45) is 0 Å². The summed E-state index contributed by atoms with van der Waals surface area (Å²) in [6, 6.07) is 49.7. The van der Waals surface area contributed by atoms with Crippen molar-refractivity contribution >= 4 is 32.6 Å². The van der Waals surface area contributed by atoms with Crippen LogP contribution in [0, 0.1) is 0 Å². The molecule has 3 nitrogen and oxygen atoms in total. The number of aromatic nitrogens is 3. The van der Waals surface area contributed by atoms with Crippen LogP contribution in [0.1, 0.15) is 25.0 Å². The van der Waals surface area contributed by atoms with Gasteiger partial charge in [0.25, 0.3) is 0 Å². The monoisotopic (exact) mass is 563 g/mol. The Hall–Kier alpha value is -5.54. The molecule has 0 N–H and O–H groups in total. The third-order valence-corrected chi connectivity index (χ3v) is 9.39.